The molecule has 0 spiro atoms. The van der Waals surface area contributed by atoms with Gasteiger partial charge < -0.3 is 30.8 Å². The number of nitrogens with zero attached hydrogens (tertiary/aromatic N) is 1. The number of nitrogens with one attached hydrogen (secondary N) is 1. The van der Waals surface area contributed by atoms with Gasteiger partial charge in [-0.25, -0.2) is 0 Å². The molecule has 9 heteroatoms. The Morgan fingerprint density at radius 2 is 1.09 bits per heavy atom. The summed E-state index contributed by atoms with van der Waals surface area (Å²) >= 11 is 0. The third-order valence-electron chi connectivity index (χ3n) is 5.35. The largest absolute Gasteiger partial charge is 0.481 e. The normalized spacial score (nSPS) is 11.8. The molecule has 1 atom stereocenters. The van der Waals surface area contributed by atoms with E-state index < -0.39 is 18.0 Å². The van der Waals surface area contributed by atoms with Gasteiger partial charge in [0.05, 0.1) is 26.2 Å². The summed E-state index contributed by atoms with van der Waals surface area (Å²) in [5.74, 6) is -2.18. The Labute approximate surface area is 200 Å². The minimum absolute atomic E-state index is 0.0694. The molecule has 0 bridgehead atoms. The van der Waals surface area contributed by atoms with Crippen molar-refractivity contribution in [2.75, 3.05) is 46.0 Å². The average molecular weight is 479 g/mol. The first-order valence-corrected chi connectivity index (χ1v) is 12.7. The summed E-state index contributed by atoms with van der Waals surface area (Å²) in [7, 11) is 0. The van der Waals surface area contributed by atoms with E-state index in [2.05, 4.69) is 12.2 Å². The van der Waals surface area contributed by atoms with Gasteiger partial charge in [-0.05, 0) is 13.0 Å². The molecule has 0 radical (unpaired) electrons. The van der Waals surface area contributed by atoms with Crippen LogP contribution in [-0.4, -0.2) is 94.4 Å². The summed E-state index contributed by atoms with van der Waals surface area (Å²) in [5.41, 5.74) is 0. The fraction of sp³-hybridized carbons (Fsp3) is 0.917. The highest BCUT2D eigenvalue weighted by Crippen LogP contribution is 2.11. The van der Waals surface area contributed by atoms with Crippen molar-refractivity contribution in [3.8, 4) is 0 Å². The molecule has 6 N–H and O–H groups in total. The van der Waals surface area contributed by atoms with Crippen LogP contribution in [0, 0.1) is 0 Å². The molecule has 0 amide bonds. The lowest BCUT2D eigenvalue weighted by Gasteiger charge is -2.17. The smallest absolute Gasteiger partial charge is 0.321 e. The number of hydrogen-bond donors (Lipinski definition) is 6. The van der Waals surface area contributed by atoms with Crippen molar-refractivity contribution in [3.05, 3.63) is 0 Å². The molecule has 0 saturated heterocycles. The Balaban J connectivity index is 0. The highest BCUT2D eigenvalue weighted by molar-refractivity contribution is 5.80. The fourth-order valence-corrected chi connectivity index (χ4v) is 3.42. The Morgan fingerprint density at radius 1 is 0.697 bits per heavy atom. The molecule has 9 nitrogen and oxygen atoms in total. The molecule has 0 aromatic rings. The van der Waals surface area contributed by atoms with Gasteiger partial charge in [-0.2, -0.15) is 0 Å². The van der Waals surface area contributed by atoms with Gasteiger partial charge in [-0.1, -0.05) is 77.6 Å². The maximum absolute atomic E-state index is 10.9. The molecule has 0 aliphatic rings. The van der Waals surface area contributed by atoms with Crippen LogP contribution in [0.15, 0.2) is 0 Å². The van der Waals surface area contributed by atoms with Gasteiger partial charge in [-0.15, -0.1) is 0 Å². The first-order valence-electron chi connectivity index (χ1n) is 12.7. The van der Waals surface area contributed by atoms with E-state index in [4.69, 9.17) is 25.5 Å². The molecular weight excluding hydrogens is 428 g/mol. The zero-order valence-corrected chi connectivity index (χ0v) is 20.7. The van der Waals surface area contributed by atoms with Crippen LogP contribution in [0.1, 0.15) is 90.4 Å². The third-order valence-corrected chi connectivity index (χ3v) is 5.35. The zero-order chi connectivity index (χ0) is 25.2. The number of hydrogen-bond acceptors (Lipinski definition) is 7. The summed E-state index contributed by atoms with van der Waals surface area (Å²) in [4.78, 5) is 23.2. The molecule has 0 fully saturated rings. The van der Waals surface area contributed by atoms with Crippen molar-refractivity contribution in [2.24, 2.45) is 0 Å². The van der Waals surface area contributed by atoms with E-state index in [1.54, 1.807) is 4.90 Å². The molecule has 33 heavy (non-hydrogen) atoms. The van der Waals surface area contributed by atoms with E-state index >= 15 is 0 Å². The predicted octanol–water partition coefficient (Wildman–Crippen LogP) is 2.47. The summed E-state index contributed by atoms with van der Waals surface area (Å²) in [6.07, 6.45) is 14.8. The van der Waals surface area contributed by atoms with Crippen molar-refractivity contribution < 1.29 is 35.1 Å². The minimum Gasteiger partial charge on any atom is -0.481 e. The predicted molar refractivity (Wildman–Crippen MR) is 130 cm³/mol. The molecule has 0 aliphatic carbocycles. The number of unbranched alkanes of at least 4 members (excludes halogenated alkanes) is 11. The van der Waals surface area contributed by atoms with Crippen molar-refractivity contribution in [1.82, 2.24) is 10.2 Å². The summed E-state index contributed by atoms with van der Waals surface area (Å²) in [6.45, 7) is 4.56. The van der Waals surface area contributed by atoms with E-state index in [9.17, 15) is 9.59 Å². The summed E-state index contributed by atoms with van der Waals surface area (Å²) in [6, 6.07) is -0.972. The van der Waals surface area contributed by atoms with Crippen LogP contribution in [0.5, 0.6) is 0 Å². The van der Waals surface area contributed by atoms with Gasteiger partial charge in [0.15, 0.2) is 0 Å². The molecule has 0 rings (SSSR count). The SMILES string of the molecule is CCCCCCCCCCCCCCN[C@@H](CC(=O)O)C(=O)O.OCCN(CCO)CCO. The zero-order valence-electron chi connectivity index (χ0n) is 20.7. The summed E-state index contributed by atoms with van der Waals surface area (Å²) < 4.78 is 0. The maximum atomic E-state index is 10.9. The second-order valence-electron chi connectivity index (χ2n) is 8.34. The first kappa shape index (κ1) is 33.9. The van der Waals surface area contributed by atoms with Gasteiger partial charge in [0.2, 0.25) is 0 Å². The number of rotatable bonds is 23. The lowest BCUT2D eigenvalue weighted by Crippen LogP contribution is -2.39. The topological polar surface area (TPSA) is 151 Å². The highest BCUT2D eigenvalue weighted by Gasteiger charge is 2.19. The highest BCUT2D eigenvalue weighted by atomic mass is 16.4. The number of aliphatic carboxylic acids is 2. The van der Waals surface area contributed by atoms with Crippen LogP contribution in [0.4, 0.5) is 0 Å². The van der Waals surface area contributed by atoms with Crippen molar-refractivity contribution in [2.45, 2.75) is 96.4 Å². The number of carboxylic acid groups (broad SMARTS) is 2. The quantitative estimate of drug-likeness (QED) is 0.122. The van der Waals surface area contributed by atoms with Crippen molar-refractivity contribution in [3.63, 3.8) is 0 Å². The molecule has 198 valence electrons. The van der Waals surface area contributed by atoms with Gasteiger partial charge in [0.1, 0.15) is 6.04 Å². The Kier molecular flexibility index (Phi) is 27.7. The van der Waals surface area contributed by atoms with Gasteiger partial charge in [0.25, 0.3) is 0 Å². The van der Waals surface area contributed by atoms with Crippen molar-refractivity contribution >= 4 is 11.9 Å². The monoisotopic (exact) mass is 478 g/mol. The summed E-state index contributed by atoms with van der Waals surface area (Å²) in [5, 5.41) is 45.8. The van der Waals surface area contributed by atoms with Crippen molar-refractivity contribution in [1.29, 1.82) is 0 Å². The fourth-order valence-electron chi connectivity index (χ4n) is 3.42. The second kappa shape index (κ2) is 27.0. The van der Waals surface area contributed by atoms with Crippen LogP contribution >= 0.6 is 0 Å². The second-order valence-corrected chi connectivity index (χ2v) is 8.34. The Morgan fingerprint density at radius 3 is 1.42 bits per heavy atom. The van der Waals surface area contributed by atoms with Crippen LogP contribution in [0.25, 0.3) is 0 Å². The van der Waals surface area contributed by atoms with E-state index in [1.165, 1.54) is 64.2 Å². The van der Waals surface area contributed by atoms with Gasteiger partial charge in [-0.3, -0.25) is 14.5 Å². The minimum atomic E-state index is -1.09. The standard InChI is InChI=1S/C18H35NO4.C6H15NO3/c1-2-3-4-5-6-7-8-9-10-11-12-13-14-19-16(18(22)23)15-17(20)21;8-4-1-7(2-5-9)3-6-10/h16,19H,2-15H2,1H3,(H,20,21)(H,22,23);8-10H,1-6H2/t16-;/m0./s1. The molecule has 0 aliphatic heterocycles. The first-order chi connectivity index (χ1) is 15.9. The van der Waals surface area contributed by atoms with Crippen LogP contribution in [-0.2, 0) is 9.59 Å². The average Bonchev–Trinajstić information content (AvgIpc) is 2.77. The molecule has 0 aromatic carbocycles. The Hall–Kier alpha value is -1.26. The van der Waals surface area contributed by atoms with Crippen LogP contribution in [0.3, 0.4) is 0 Å². The van der Waals surface area contributed by atoms with Crippen LogP contribution in [0.2, 0.25) is 0 Å². The third kappa shape index (κ3) is 26.9. The van der Waals surface area contributed by atoms with E-state index in [1.807, 2.05) is 0 Å². The molecule has 0 heterocycles. The van der Waals surface area contributed by atoms with Gasteiger partial charge >= 0.3 is 11.9 Å². The molecule has 0 aromatic heterocycles. The lowest BCUT2D eigenvalue weighted by atomic mass is 10.1. The van der Waals surface area contributed by atoms with Gasteiger partial charge in [0, 0.05) is 19.6 Å². The van der Waals surface area contributed by atoms with E-state index in [-0.39, 0.29) is 26.2 Å². The molecular formula is C24H50N2O7. The number of carbonyl (C=O) groups is 2. The van der Waals surface area contributed by atoms with E-state index in [0.717, 1.165) is 12.8 Å². The number of aliphatic hydroxyl groups excluding tert-OH is 3. The number of carboxylic acids is 2. The van der Waals surface area contributed by atoms with E-state index in [0.29, 0.717) is 26.2 Å². The van der Waals surface area contributed by atoms with Crippen LogP contribution < -0.4 is 5.32 Å². The Bertz CT molecular complexity index is 425. The lowest BCUT2D eigenvalue weighted by molar-refractivity contribution is -0.145. The molecule has 0 saturated carbocycles. The maximum Gasteiger partial charge on any atom is 0.321 e. The number of aliphatic hydroxyl groups is 3. The molecule has 0 unspecified atom stereocenters.